The first-order chi connectivity index (χ1) is 11.9. The van der Waals surface area contributed by atoms with Crippen LogP contribution < -0.4 is 0 Å². The fourth-order valence-electron chi connectivity index (χ4n) is 4.74. The number of ether oxygens (including phenoxy) is 1. The largest absolute Gasteiger partial charge is 0.461 e. The monoisotopic (exact) mass is 362 g/mol. The van der Waals surface area contributed by atoms with Crippen LogP contribution in [-0.2, 0) is 16.1 Å². The number of fused-ring (bicyclic) bond motifs is 2. The van der Waals surface area contributed by atoms with Crippen LogP contribution in [0.5, 0.6) is 0 Å². The standard InChI is InChI=1S/C21H30O3S/c1-15(19(23)24-12-16-7-5-4-6-8-16)13-25-14-21-10-9-17(11-18(21)22)20(21,2)3/h4-8,15,17-18,22H,9-14H2,1-3H3/t15-,17+,18+,21+/m1/s1. The number of benzene rings is 1. The van der Waals surface area contributed by atoms with Gasteiger partial charge < -0.3 is 9.84 Å². The van der Waals surface area contributed by atoms with Gasteiger partial charge in [0.2, 0.25) is 0 Å². The molecule has 138 valence electrons. The van der Waals surface area contributed by atoms with Crippen LogP contribution in [0.2, 0.25) is 0 Å². The normalized spacial score (nSPS) is 31.0. The van der Waals surface area contributed by atoms with E-state index in [0.717, 1.165) is 29.9 Å². The van der Waals surface area contributed by atoms with E-state index in [9.17, 15) is 9.90 Å². The van der Waals surface area contributed by atoms with Crippen molar-refractivity contribution in [3.05, 3.63) is 35.9 Å². The first-order valence-corrected chi connectivity index (χ1v) is 10.5. The molecule has 0 aromatic heterocycles. The van der Waals surface area contributed by atoms with Gasteiger partial charge in [0, 0.05) is 16.9 Å². The Morgan fingerprint density at radius 3 is 2.68 bits per heavy atom. The van der Waals surface area contributed by atoms with Gasteiger partial charge in [-0.1, -0.05) is 51.1 Å². The zero-order valence-electron chi connectivity index (χ0n) is 15.5. The zero-order valence-corrected chi connectivity index (χ0v) is 16.3. The first-order valence-electron chi connectivity index (χ1n) is 9.33. The molecule has 0 amide bonds. The molecule has 0 radical (unpaired) electrons. The van der Waals surface area contributed by atoms with Gasteiger partial charge in [0.15, 0.2) is 0 Å². The molecule has 4 heteroatoms. The van der Waals surface area contributed by atoms with Crippen molar-refractivity contribution in [2.75, 3.05) is 11.5 Å². The molecule has 0 heterocycles. The van der Waals surface area contributed by atoms with E-state index in [1.54, 1.807) is 11.8 Å². The van der Waals surface area contributed by atoms with Crippen LogP contribution in [0, 0.1) is 22.7 Å². The van der Waals surface area contributed by atoms with Crippen LogP contribution in [-0.4, -0.2) is 28.7 Å². The van der Waals surface area contributed by atoms with Crippen LogP contribution in [0.3, 0.4) is 0 Å². The highest BCUT2D eigenvalue weighted by molar-refractivity contribution is 7.99. The van der Waals surface area contributed by atoms with Crippen molar-refractivity contribution in [2.45, 2.75) is 52.7 Å². The van der Waals surface area contributed by atoms with Crippen molar-refractivity contribution < 1.29 is 14.6 Å². The molecule has 2 bridgehead atoms. The van der Waals surface area contributed by atoms with Gasteiger partial charge in [-0.05, 0) is 36.2 Å². The summed E-state index contributed by atoms with van der Waals surface area (Å²) in [4.78, 5) is 12.2. The summed E-state index contributed by atoms with van der Waals surface area (Å²) >= 11 is 1.80. The maximum Gasteiger partial charge on any atom is 0.309 e. The average Bonchev–Trinajstić information content (AvgIpc) is 2.95. The summed E-state index contributed by atoms with van der Waals surface area (Å²) in [5.74, 6) is 2.08. The molecule has 2 aliphatic rings. The summed E-state index contributed by atoms with van der Waals surface area (Å²) in [6.45, 7) is 6.91. The molecule has 25 heavy (non-hydrogen) atoms. The van der Waals surface area contributed by atoms with Gasteiger partial charge >= 0.3 is 5.97 Å². The summed E-state index contributed by atoms with van der Waals surface area (Å²) in [5.41, 5.74) is 1.24. The van der Waals surface area contributed by atoms with Gasteiger partial charge in [-0.2, -0.15) is 11.8 Å². The van der Waals surface area contributed by atoms with Crippen molar-refractivity contribution in [1.29, 1.82) is 0 Å². The molecule has 3 rings (SSSR count). The number of aliphatic hydroxyl groups excluding tert-OH is 1. The SMILES string of the molecule is C[C@H](CSC[C@@]12CC[C@@H](C[C@@H]1O)C2(C)C)C(=O)OCc1ccccc1. The number of carbonyl (C=O) groups excluding carboxylic acids is 1. The minimum absolute atomic E-state index is 0.0238. The van der Waals surface area contributed by atoms with Gasteiger partial charge in [-0.25, -0.2) is 0 Å². The third-order valence-electron chi connectivity index (χ3n) is 6.74. The molecule has 1 aromatic rings. The molecule has 1 N–H and O–H groups in total. The second kappa shape index (κ2) is 7.32. The summed E-state index contributed by atoms with van der Waals surface area (Å²) in [6.07, 6.45) is 3.11. The first kappa shape index (κ1) is 18.8. The molecule has 2 aliphatic carbocycles. The smallest absolute Gasteiger partial charge is 0.309 e. The second-order valence-corrected chi connectivity index (χ2v) is 9.40. The molecule has 0 spiro atoms. The maximum atomic E-state index is 12.2. The highest BCUT2D eigenvalue weighted by atomic mass is 32.2. The molecular weight excluding hydrogens is 332 g/mol. The average molecular weight is 363 g/mol. The Morgan fingerprint density at radius 1 is 1.36 bits per heavy atom. The molecule has 2 saturated carbocycles. The quantitative estimate of drug-likeness (QED) is 0.735. The molecule has 0 saturated heterocycles. The van der Waals surface area contributed by atoms with Gasteiger partial charge in [0.1, 0.15) is 6.61 Å². The Hall–Kier alpha value is -1.00. The lowest BCUT2D eigenvalue weighted by Gasteiger charge is -2.40. The van der Waals surface area contributed by atoms with Gasteiger partial charge in [0.25, 0.3) is 0 Å². The van der Waals surface area contributed by atoms with E-state index >= 15 is 0 Å². The summed E-state index contributed by atoms with van der Waals surface area (Å²) in [7, 11) is 0. The van der Waals surface area contributed by atoms with Crippen LogP contribution in [0.25, 0.3) is 0 Å². The lowest BCUT2D eigenvalue weighted by molar-refractivity contribution is -0.148. The van der Waals surface area contributed by atoms with E-state index in [2.05, 4.69) is 13.8 Å². The van der Waals surface area contributed by atoms with E-state index in [-0.39, 0.29) is 28.8 Å². The summed E-state index contributed by atoms with van der Waals surface area (Å²) < 4.78 is 5.43. The van der Waals surface area contributed by atoms with Crippen molar-refractivity contribution in [3.63, 3.8) is 0 Å². The van der Waals surface area contributed by atoms with Gasteiger partial charge in [-0.3, -0.25) is 4.79 Å². The fraction of sp³-hybridized carbons (Fsp3) is 0.667. The van der Waals surface area contributed by atoms with E-state index in [0.29, 0.717) is 12.5 Å². The molecule has 4 atom stereocenters. The molecule has 3 nitrogen and oxygen atoms in total. The van der Waals surface area contributed by atoms with E-state index in [4.69, 9.17) is 4.74 Å². The Morgan fingerprint density at radius 2 is 2.08 bits per heavy atom. The summed E-state index contributed by atoms with van der Waals surface area (Å²) in [5, 5.41) is 10.6. The number of aliphatic hydroxyl groups is 1. The highest BCUT2D eigenvalue weighted by Gasteiger charge is 2.63. The molecule has 2 fully saturated rings. The summed E-state index contributed by atoms with van der Waals surface area (Å²) in [6, 6.07) is 9.78. The molecule has 0 unspecified atom stereocenters. The highest BCUT2D eigenvalue weighted by Crippen LogP contribution is 2.66. The topological polar surface area (TPSA) is 46.5 Å². The van der Waals surface area contributed by atoms with Crippen LogP contribution in [0.15, 0.2) is 30.3 Å². The van der Waals surface area contributed by atoms with E-state index in [1.807, 2.05) is 37.3 Å². The number of carbonyl (C=O) groups is 1. The van der Waals surface area contributed by atoms with Gasteiger partial charge in [-0.15, -0.1) is 0 Å². The van der Waals surface area contributed by atoms with Crippen molar-refractivity contribution in [2.24, 2.45) is 22.7 Å². The van der Waals surface area contributed by atoms with Crippen LogP contribution in [0.1, 0.15) is 45.6 Å². The van der Waals surface area contributed by atoms with Crippen molar-refractivity contribution >= 4 is 17.7 Å². The Balaban J connectivity index is 1.46. The Bertz CT molecular complexity index is 600. The number of rotatable bonds is 7. The molecule has 1 aromatic carbocycles. The van der Waals surface area contributed by atoms with E-state index in [1.165, 1.54) is 6.42 Å². The number of thioether (sulfide) groups is 1. The Labute approximate surface area is 155 Å². The minimum Gasteiger partial charge on any atom is -0.461 e. The second-order valence-electron chi connectivity index (χ2n) is 8.37. The fourth-order valence-corrected chi connectivity index (χ4v) is 6.42. The van der Waals surface area contributed by atoms with Crippen LogP contribution >= 0.6 is 11.8 Å². The predicted octanol–water partition coefficient (Wildman–Crippen LogP) is 4.29. The Kier molecular flexibility index (Phi) is 5.50. The number of esters is 1. The maximum absolute atomic E-state index is 12.2. The van der Waals surface area contributed by atoms with Crippen molar-refractivity contribution in [1.82, 2.24) is 0 Å². The van der Waals surface area contributed by atoms with Gasteiger partial charge in [0.05, 0.1) is 12.0 Å². The third-order valence-corrected chi connectivity index (χ3v) is 8.20. The zero-order chi connectivity index (χ0) is 18.1. The predicted molar refractivity (Wildman–Crippen MR) is 102 cm³/mol. The van der Waals surface area contributed by atoms with Crippen LogP contribution in [0.4, 0.5) is 0 Å². The number of hydrogen-bond donors (Lipinski definition) is 1. The lowest BCUT2D eigenvalue weighted by Crippen LogP contribution is -2.41. The molecular formula is C21H30O3S. The van der Waals surface area contributed by atoms with Crippen molar-refractivity contribution in [3.8, 4) is 0 Å². The third kappa shape index (κ3) is 3.48. The lowest BCUT2D eigenvalue weighted by atomic mass is 9.70. The number of hydrogen-bond acceptors (Lipinski definition) is 4. The molecule has 0 aliphatic heterocycles. The van der Waals surface area contributed by atoms with E-state index < -0.39 is 0 Å². The minimum atomic E-state index is -0.186.